The Kier molecular flexibility index (Phi) is 9.40. The van der Waals surface area contributed by atoms with E-state index < -0.39 is 0 Å². The number of hydrogen-bond donors (Lipinski definition) is 2. The average Bonchev–Trinajstić information content (AvgIpc) is 2.70. The number of benzene rings is 2. The summed E-state index contributed by atoms with van der Waals surface area (Å²) in [7, 11) is 7.33. The SMILES string of the molecule is CN=C(NCC(c1cccc(F)c1)N(C)C)Nc1cccc(OCCCOC)c1. The van der Waals surface area contributed by atoms with Gasteiger partial charge in [0, 0.05) is 45.5 Å². The molecule has 2 N–H and O–H groups in total. The molecule has 7 heteroatoms. The Hall–Kier alpha value is -2.64. The first-order valence-electron chi connectivity index (χ1n) is 9.65. The van der Waals surface area contributed by atoms with E-state index in [1.807, 2.05) is 49.3 Å². The molecule has 0 aromatic heterocycles. The number of aliphatic imine (C=N–C) groups is 1. The molecule has 2 aromatic carbocycles. The molecule has 0 heterocycles. The predicted molar refractivity (Wildman–Crippen MR) is 116 cm³/mol. The van der Waals surface area contributed by atoms with Gasteiger partial charge in [-0.2, -0.15) is 0 Å². The molecular weight excluding hydrogens is 371 g/mol. The van der Waals surface area contributed by atoms with E-state index in [0.29, 0.717) is 25.7 Å². The molecule has 0 aliphatic rings. The summed E-state index contributed by atoms with van der Waals surface area (Å²) in [5.74, 6) is 1.18. The fourth-order valence-electron chi connectivity index (χ4n) is 2.88. The summed E-state index contributed by atoms with van der Waals surface area (Å²) in [4.78, 5) is 6.33. The van der Waals surface area contributed by atoms with E-state index in [1.54, 1.807) is 26.3 Å². The van der Waals surface area contributed by atoms with Crippen molar-refractivity contribution in [1.29, 1.82) is 0 Å². The molecule has 2 rings (SSSR count). The van der Waals surface area contributed by atoms with Crippen LogP contribution in [0.25, 0.3) is 0 Å². The summed E-state index contributed by atoms with van der Waals surface area (Å²) in [5, 5.41) is 6.58. The van der Waals surface area contributed by atoms with Gasteiger partial charge in [-0.05, 0) is 43.9 Å². The number of nitrogens with one attached hydrogen (secondary N) is 2. The van der Waals surface area contributed by atoms with Crippen LogP contribution in [0.5, 0.6) is 5.75 Å². The largest absolute Gasteiger partial charge is 0.493 e. The van der Waals surface area contributed by atoms with Crippen molar-refractivity contribution in [3.05, 3.63) is 59.9 Å². The lowest BCUT2D eigenvalue weighted by molar-refractivity contribution is 0.172. The number of hydrogen-bond acceptors (Lipinski definition) is 4. The molecule has 0 spiro atoms. The molecular formula is C22H31FN4O2. The fraction of sp³-hybridized carbons (Fsp3) is 0.409. The lowest BCUT2D eigenvalue weighted by Crippen LogP contribution is -2.38. The third-order valence-electron chi connectivity index (χ3n) is 4.40. The molecule has 29 heavy (non-hydrogen) atoms. The highest BCUT2D eigenvalue weighted by atomic mass is 19.1. The highest BCUT2D eigenvalue weighted by molar-refractivity contribution is 5.93. The second-order valence-electron chi connectivity index (χ2n) is 6.84. The first-order valence-corrected chi connectivity index (χ1v) is 9.65. The molecule has 0 aliphatic carbocycles. The molecule has 0 bridgehead atoms. The molecule has 0 aliphatic heterocycles. The second kappa shape index (κ2) is 12.0. The van der Waals surface area contributed by atoms with Crippen LogP contribution in [0.4, 0.5) is 10.1 Å². The number of likely N-dealkylation sites (N-methyl/N-ethyl adjacent to an activating group) is 1. The third-order valence-corrected chi connectivity index (χ3v) is 4.40. The van der Waals surface area contributed by atoms with Crippen LogP contribution >= 0.6 is 0 Å². The van der Waals surface area contributed by atoms with Gasteiger partial charge in [0.25, 0.3) is 0 Å². The van der Waals surface area contributed by atoms with Gasteiger partial charge in [-0.25, -0.2) is 4.39 Å². The maximum absolute atomic E-state index is 13.6. The Bertz CT molecular complexity index is 783. The van der Waals surface area contributed by atoms with Crippen molar-refractivity contribution in [2.45, 2.75) is 12.5 Å². The first-order chi connectivity index (χ1) is 14.0. The molecule has 0 saturated carbocycles. The van der Waals surface area contributed by atoms with Crippen LogP contribution in [0.3, 0.4) is 0 Å². The minimum absolute atomic E-state index is 0.000276. The first kappa shape index (κ1) is 22.6. The monoisotopic (exact) mass is 402 g/mol. The average molecular weight is 403 g/mol. The van der Waals surface area contributed by atoms with Crippen molar-refractivity contribution in [3.63, 3.8) is 0 Å². The summed E-state index contributed by atoms with van der Waals surface area (Å²) < 4.78 is 24.4. The summed E-state index contributed by atoms with van der Waals surface area (Å²) in [6.45, 7) is 1.85. The van der Waals surface area contributed by atoms with Crippen molar-refractivity contribution in [2.24, 2.45) is 4.99 Å². The van der Waals surface area contributed by atoms with E-state index in [1.165, 1.54) is 6.07 Å². The van der Waals surface area contributed by atoms with E-state index in [4.69, 9.17) is 9.47 Å². The van der Waals surface area contributed by atoms with Gasteiger partial charge in [-0.3, -0.25) is 4.99 Å². The molecule has 1 atom stereocenters. The Morgan fingerprint density at radius 1 is 1.14 bits per heavy atom. The zero-order valence-electron chi connectivity index (χ0n) is 17.6. The highest BCUT2D eigenvalue weighted by Gasteiger charge is 2.15. The van der Waals surface area contributed by atoms with Crippen LogP contribution < -0.4 is 15.4 Å². The molecule has 0 fully saturated rings. The van der Waals surface area contributed by atoms with Crippen LogP contribution in [0.2, 0.25) is 0 Å². The van der Waals surface area contributed by atoms with E-state index in [0.717, 1.165) is 23.4 Å². The zero-order valence-corrected chi connectivity index (χ0v) is 17.6. The molecule has 1 unspecified atom stereocenters. The number of nitrogens with zero attached hydrogens (tertiary/aromatic N) is 2. The predicted octanol–water partition coefficient (Wildman–Crippen LogP) is 3.53. The smallest absolute Gasteiger partial charge is 0.195 e. The Morgan fingerprint density at radius 3 is 2.62 bits per heavy atom. The van der Waals surface area contributed by atoms with Gasteiger partial charge in [0.2, 0.25) is 0 Å². The number of ether oxygens (including phenoxy) is 2. The van der Waals surface area contributed by atoms with Crippen LogP contribution in [0.15, 0.2) is 53.5 Å². The van der Waals surface area contributed by atoms with Crippen LogP contribution in [-0.2, 0) is 4.74 Å². The van der Waals surface area contributed by atoms with Crippen LogP contribution in [-0.4, -0.2) is 58.9 Å². The van der Waals surface area contributed by atoms with Crippen LogP contribution in [0, 0.1) is 5.82 Å². The minimum atomic E-state index is -0.237. The normalized spacial score (nSPS) is 12.7. The van der Waals surface area contributed by atoms with Gasteiger partial charge in [-0.15, -0.1) is 0 Å². The topological polar surface area (TPSA) is 58.1 Å². The van der Waals surface area contributed by atoms with Gasteiger partial charge >= 0.3 is 0 Å². The Balaban J connectivity index is 1.96. The number of rotatable bonds is 10. The lowest BCUT2D eigenvalue weighted by Gasteiger charge is -2.26. The van der Waals surface area contributed by atoms with E-state index in [-0.39, 0.29) is 11.9 Å². The van der Waals surface area contributed by atoms with Crippen molar-refractivity contribution >= 4 is 11.6 Å². The van der Waals surface area contributed by atoms with Gasteiger partial charge in [-0.1, -0.05) is 18.2 Å². The number of methoxy groups -OCH3 is 1. The second-order valence-corrected chi connectivity index (χ2v) is 6.84. The zero-order chi connectivity index (χ0) is 21.1. The Morgan fingerprint density at radius 2 is 1.93 bits per heavy atom. The molecule has 158 valence electrons. The minimum Gasteiger partial charge on any atom is -0.493 e. The fourth-order valence-corrected chi connectivity index (χ4v) is 2.88. The molecule has 0 radical (unpaired) electrons. The molecule has 0 saturated heterocycles. The van der Waals surface area contributed by atoms with Gasteiger partial charge in [0.05, 0.1) is 12.6 Å². The standard InChI is InChI=1S/C22H31FN4O2/c1-24-22(25-16-21(27(2)3)17-8-5-9-18(23)14-17)26-19-10-6-11-20(15-19)29-13-7-12-28-4/h5-6,8-11,14-15,21H,7,12-13,16H2,1-4H3,(H2,24,25,26). The van der Waals surface area contributed by atoms with Crippen molar-refractivity contribution in [2.75, 3.05) is 53.3 Å². The number of guanidine groups is 1. The van der Waals surface area contributed by atoms with Crippen molar-refractivity contribution < 1.29 is 13.9 Å². The van der Waals surface area contributed by atoms with Gasteiger partial charge in [0.1, 0.15) is 11.6 Å². The summed E-state index contributed by atoms with van der Waals surface area (Å²) in [5.41, 5.74) is 1.78. The Labute approximate surface area is 172 Å². The lowest BCUT2D eigenvalue weighted by atomic mass is 10.1. The quantitative estimate of drug-likeness (QED) is 0.362. The van der Waals surface area contributed by atoms with E-state index >= 15 is 0 Å². The van der Waals surface area contributed by atoms with E-state index in [9.17, 15) is 4.39 Å². The highest BCUT2D eigenvalue weighted by Crippen LogP contribution is 2.19. The summed E-state index contributed by atoms with van der Waals surface area (Å²) in [6, 6.07) is 14.4. The molecule has 0 amide bonds. The van der Waals surface area contributed by atoms with Gasteiger partial charge in [0.15, 0.2) is 5.96 Å². The molecule has 6 nitrogen and oxygen atoms in total. The van der Waals surface area contributed by atoms with Gasteiger partial charge < -0.3 is 25.0 Å². The number of anilines is 1. The maximum Gasteiger partial charge on any atom is 0.195 e. The van der Waals surface area contributed by atoms with E-state index in [2.05, 4.69) is 15.6 Å². The number of halogens is 1. The maximum atomic E-state index is 13.6. The van der Waals surface area contributed by atoms with Crippen molar-refractivity contribution in [3.8, 4) is 5.75 Å². The summed E-state index contributed by atoms with van der Waals surface area (Å²) in [6.07, 6.45) is 0.837. The summed E-state index contributed by atoms with van der Waals surface area (Å²) >= 11 is 0. The molecule has 2 aromatic rings. The third kappa shape index (κ3) is 7.71. The van der Waals surface area contributed by atoms with Crippen LogP contribution in [0.1, 0.15) is 18.0 Å². The van der Waals surface area contributed by atoms with Crippen molar-refractivity contribution in [1.82, 2.24) is 10.2 Å².